The van der Waals surface area contributed by atoms with Crippen LogP contribution in [0.1, 0.15) is 22.0 Å². The molecule has 1 saturated heterocycles. The monoisotopic (exact) mass is 221 g/mol. The number of carboxylic acid groups (broad SMARTS) is 1. The van der Waals surface area contributed by atoms with E-state index < -0.39 is 5.97 Å². The Morgan fingerprint density at radius 2 is 2.31 bits per heavy atom. The number of ether oxygens (including phenoxy) is 1. The lowest BCUT2D eigenvalue weighted by atomic mass is 10.1. The highest BCUT2D eigenvalue weighted by Gasteiger charge is 2.29. The standard InChI is InChI=1S/C11H11NO4/c1-12-6-9(16-11(12)15)7-3-2-4-8(5-7)10(13)14/h2-5,9H,6H2,1H3,(H,13,14). The third-order valence-electron chi connectivity index (χ3n) is 2.50. The minimum Gasteiger partial charge on any atom is -0.478 e. The Balaban J connectivity index is 2.25. The highest BCUT2D eigenvalue weighted by molar-refractivity contribution is 5.87. The molecule has 1 aliphatic rings. The van der Waals surface area contributed by atoms with Crippen molar-refractivity contribution in [2.45, 2.75) is 6.10 Å². The van der Waals surface area contributed by atoms with Crippen LogP contribution in [0, 0.1) is 0 Å². The quantitative estimate of drug-likeness (QED) is 0.821. The molecule has 1 aromatic rings. The number of likely N-dealkylation sites (N-methyl/N-ethyl adjacent to an activating group) is 1. The van der Waals surface area contributed by atoms with Gasteiger partial charge in [-0.15, -0.1) is 0 Å². The number of benzene rings is 1. The Bertz CT molecular complexity index is 443. The molecule has 0 bridgehead atoms. The van der Waals surface area contributed by atoms with Gasteiger partial charge in [0.1, 0.15) is 6.10 Å². The first-order chi connectivity index (χ1) is 7.58. The normalized spacial score (nSPS) is 19.7. The summed E-state index contributed by atoms with van der Waals surface area (Å²) in [5.41, 5.74) is 0.903. The lowest BCUT2D eigenvalue weighted by molar-refractivity contribution is 0.0696. The van der Waals surface area contributed by atoms with Gasteiger partial charge in [0.05, 0.1) is 12.1 Å². The average Bonchev–Trinajstić information content (AvgIpc) is 2.59. The van der Waals surface area contributed by atoms with Crippen molar-refractivity contribution in [3.05, 3.63) is 35.4 Å². The molecule has 1 atom stereocenters. The van der Waals surface area contributed by atoms with Crippen molar-refractivity contribution in [1.29, 1.82) is 0 Å². The van der Waals surface area contributed by atoms with E-state index in [2.05, 4.69) is 0 Å². The van der Waals surface area contributed by atoms with Crippen molar-refractivity contribution in [2.24, 2.45) is 0 Å². The van der Waals surface area contributed by atoms with E-state index in [0.29, 0.717) is 12.1 Å². The Labute approximate surface area is 92.2 Å². The van der Waals surface area contributed by atoms with Gasteiger partial charge in [-0.3, -0.25) is 0 Å². The number of carboxylic acids is 1. The predicted molar refractivity (Wildman–Crippen MR) is 55.3 cm³/mol. The molecular formula is C11H11NO4. The SMILES string of the molecule is CN1CC(c2cccc(C(=O)O)c2)OC1=O. The Kier molecular flexibility index (Phi) is 2.52. The van der Waals surface area contributed by atoms with Crippen molar-refractivity contribution in [1.82, 2.24) is 4.90 Å². The summed E-state index contributed by atoms with van der Waals surface area (Å²) in [6, 6.07) is 6.43. The van der Waals surface area contributed by atoms with Crippen LogP contribution in [0.15, 0.2) is 24.3 Å². The maximum atomic E-state index is 11.2. The van der Waals surface area contributed by atoms with Crippen molar-refractivity contribution in [2.75, 3.05) is 13.6 Å². The second kappa shape index (κ2) is 3.84. The Hall–Kier alpha value is -2.04. The first kappa shape index (κ1) is 10.5. The van der Waals surface area contributed by atoms with Gasteiger partial charge < -0.3 is 14.7 Å². The Morgan fingerprint density at radius 1 is 1.56 bits per heavy atom. The highest BCUT2D eigenvalue weighted by atomic mass is 16.6. The summed E-state index contributed by atoms with van der Waals surface area (Å²) in [5, 5.41) is 8.84. The molecular weight excluding hydrogens is 210 g/mol. The van der Waals surface area contributed by atoms with E-state index >= 15 is 0 Å². The van der Waals surface area contributed by atoms with Crippen LogP contribution in [-0.2, 0) is 4.74 Å². The number of carbonyl (C=O) groups is 2. The maximum Gasteiger partial charge on any atom is 0.410 e. The first-order valence-electron chi connectivity index (χ1n) is 4.83. The predicted octanol–water partition coefficient (Wildman–Crippen LogP) is 1.51. The van der Waals surface area contributed by atoms with E-state index in [1.807, 2.05) is 0 Å². The summed E-state index contributed by atoms with van der Waals surface area (Å²) in [6.45, 7) is 0.446. The van der Waals surface area contributed by atoms with Crippen molar-refractivity contribution >= 4 is 12.1 Å². The van der Waals surface area contributed by atoms with E-state index in [0.717, 1.165) is 0 Å². The summed E-state index contributed by atoms with van der Waals surface area (Å²) >= 11 is 0. The molecule has 16 heavy (non-hydrogen) atoms. The fourth-order valence-corrected chi connectivity index (χ4v) is 1.62. The van der Waals surface area contributed by atoms with E-state index in [1.54, 1.807) is 19.2 Å². The minimum absolute atomic E-state index is 0.197. The Morgan fingerprint density at radius 3 is 2.88 bits per heavy atom. The van der Waals surface area contributed by atoms with Gasteiger partial charge in [0.15, 0.2) is 0 Å². The molecule has 0 spiro atoms. The smallest absolute Gasteiger partial charge is 0.410 e. The third kappa shape index (κ3) is 1.84. The topological polar surface area (TPSA) is 66.8 Å². The van der Waals surface area contributed by atoms with Gasteiger partial charge in [0, 0.05) is 7.05 Å². The molecule has 1 heterocycles. The molecule has 84 valence electrons. The molecule has 0 saturated carbocycles. The summed E-state index contributed by atoms with van der Waals surface area (Å²) in [4.78, 5) is 23.4. The summed E-state index contributed by atoms with van der Waals surface area (Å²) in [7, 11) is 1.64. The second-order valence-corrected chi connectivity index (χ2v) is 3.68. The van der Waals surface area contributed by atoms with Crippen molar-refractivity contribution < 1.29 is 19.4 Å². The largest absolute Gasteiger partial charge is 0.478 e. The zero-order valence-electron chi connectivity index (χ0n) is 8.71. The first-order valence-corrected chi connectivity index (χ1v) is 4.83. The molecule has 5 nitrogen and oxygen atoms in total. The zero-order valence-corrected chi connectivity index (χ0v) is 8.71. The van der Waals surface area contributed by atoms with Gasteiger partial charge in [-0.1, -0.05) is 12.1 Å². The van der Waals surface area contributed by atoms with Crippen LogP contribution in [0.3, 0.4) is 0 Å². The highest BCUT2D eigenvalue weighted by Crippen LogP contribution is 2.25. The molecule has 1 amide bonds. The molecule has 1 aromatic carbocycles. The zero-order chi connectivity index (χ0) is 11.7. The van der Waals surface area contributed by atoms with Gasteiger partial charge >= 0.3 is 12.1 Å². The number of amides is 1. The molecule has 0 aliphatic carbocycles. The fourth-order valence-electron chi connectivity index (χ4n) is 1.62. The van der Waals surface area contributed by atoms with E-state index in [4.69, 9.17) is 9.84 Å². The fraction of sp³-hybridized carbons (Fsp3) is 0.273. The molecule has 5 heteroatoms. The molecule has 1 unspecified atom stereocenters. The summed E-state index contributed by atoms with van der Waals surface area (Å²) < 4.78 is 5.09. The van der Waals surface area contributed by atoms with Crippen LogP contribution < -0.4 is 0 Å². The molecule has 1 aliphatic heterocycles. The summed E-state index contributed by atoms with van der Waals surface area (Å²) in [6.07, 6.45) is -0.762. The van der Waals surface area contributed by atoms with Crippen LogP contribution in [0.5, 0.6) is 0 Å². The van der Waals surface area contributed by atoms with Gasteiger partial charge in [-0.25, -0.2) is 9.59 Å². The number of hydrogen-bond acceptors (Lipinski definition) is 3. The maximum absolute atomic E-state index is 11.2. The van der Waals surface area contributed by atoms with Crippen molar-refractivity contribution in [3.63, 3.8) is 0 Å². The molecule has 2 rings (SSSR count). The minimum atomic E-state index is -0.987. The number of rotatable bonds is 2. The number of aromatic carboxylic acids is 1. The van der Waals surface area contributed by atoms with Gasteiger partial charge in [0.25, 0.3) is 0 Å². The van der Waals surface area contributed by atoms with Gasteiger partial charge in [-0.2, -0.15) is 0 Å². The van der Waals surface area contributed by atoms with Crippen LogP contribution in [-0.4, -0.2) is 35.7 Å². The number of cyclic esters (lactones) is 1. The van der Waals surface area contributed by atoms with Gasteiger partial charge in [-0.05, 0) is 17.7 Å². The number of nitrogens with zero attached hydrogens (tertiary/aromatic N) is 1. The van der Waals surface area contributed by atoms with Crippen LogP contribution in [0.25, 0.3) is 0 Å². The van der Waals surface area contributed by atoms with Crippen LogP contribution in [0.2, 0.25) is 0 Å². The molecule has 0 radical (unpaired) electrons. The molecule has 1 N–H and O–H groups in total. The lowest BCUT2D eigenvalue weighted by Gasteiger charge is -2.08. The summed E-state index contributed by atoms with van der Waals surface area (Å²) in [5.74, 6) is -0.987. The van der Waals surface area contributed by atoms with Crippen LogP contribution >= 0.6 is 0 Å². The number of carbonyl (C=O) groups excluding carboxylic acids is 1. The lowest BCUT2D eigenvalue weighted by Crippen LogP contribution is -2.17. The van der Waals surface area contributed by atoms with Gasteiger partial charge in [0.2, 0.25) is 0 Å². The van der Waals surface area contributed by atoms with Crippen LogP contribution in [0.4, 0.5) is 4.79 Å². The van der Waals surface area contributed by atoms with Crippen molar-refractivity contribution in [3.8, 4) is 0 Å². The second-order valence-electron chi connectivity index (χ2n) is 3.68. The molecule has 1 fully saturated rings. The van der Waals surface area contributed by atoms with E-state index in [1.165, 1.54) is 17.0 Å². The van der Waals surface area contributed by atoms with E-state index in [-0.39, 0.29) is 17.8 Å². The number of hydrogen-bond donors (Lipinski definition) is 1. The van der Waals surface area contributed by atoms with E-state index in [9.17, 15) is 9.59 Å². The molecule has 0 aromatic heterocycles. The third-order valence-corrected chi connectivity index (χ3v) is 2.50. The average molecular weight is 221 g/mol.